The first-order valence-electron chi connectivity index (χ1n) is 7.48. The van der Waals surface area contributed by atoms with E-state index in [1.807, 2.05) is 0 Å². The molecule has 0 bridgehead atoms. The Hall–Kier alpha value is -1.63. The van der Waals surface area contributed by atoms with Gasteiger partial charge in [-0.15, -0.1) is 0 Å². The third kappa shape index (κ3) is 5.19. The second-order valence-corrected chi connectivity index (χ2v) is 6.88. The number of aryl methyl sites for hydroxylation is 1. The largest absolute Gasteiger partial charge is 0.463 e. The van der Waals surface area contributed by atoms with Gasteiger partial charge in [0.1, 0.15) is 12.4 Å². The molecule has 1 rings (SSSR count). The van der Waals surface area contributed by atoms with Gasteiger partial charge in [-0.25, -0.2) is 4.79 Å². The van der Waals surface area contributed by atoms with E-state index in [0.29, 0.717) is 16.9 Å². The number of rotatable bonds is 9. The van der Waals surface area contributed by atoms with E-state index in [0.717, 1.165) is 0 Å². The van der Waals surface area contributed by atoms with Crippen molar-refractivity contribution in [3.63, 3.8) is 0 Å². The van der Waals surface area contributed by atoms with Crippen LogP contribution < -0.4 is 0 Å². The van der Waals surface area contributed by atoms with Crippen LogP contribution in [-0.4, -0.2) is 32.3 Å². The third-order valence-corrected chi connectivity index (χ3v) is 5.12. The van der Waals surface area contributed by atoms with Crippen molar-refractivity contribution in [1.29, 1.82) is 0 Å². The van der Waals surface area contributed by atoms with Crippen LogP contribution in [0.15, 0.2) is 4.42 Å². The van der Waals surface area contributed by atoms with E-state index in [4.69, 9.17) is 22.9 Å². The minimum absolute atomic E-state index is 0.100. The van der Waals surface area contributed by atoms with E-state index >= 15 is 0 Å². The number of furan rings is 1. The molecule has 0 saturated carbocycles. The predicted molar refractivity (Wildman–Crippen MR) is 84.8 cm³/mol. The highest BCUT2D eigenvalue weighted by atomic mass is 31.2. The van der Waals surface area contributed by atoms with Crippen molar-refractivity contribution in [2.45, 2.75) is 40.5 Å². The molecule has 0 aliphatic rings. The molecule has 0 aromatic carbocycles. The van der Waals surface area contributed by atoms with Crippen molar-refractivity contribution >= 4 is 19.5 Å². The zero-order valence-corrected chi connectivity index (χ0v) is 15.4. The van der Waals surface area contributed by atoms with E-state index < -0.39 is 19.5 Å². The van der Waals surface area contributed by atoms with Crippen LogP contribution in [-0.2, 0) is 40.6 Å². The van der Waals surface area contributed by atoms with Crippen LogP contribution in [0.4, 0.5) is 0 Å². The zero-order valence-electron chi connectivity index (χ0n) is 14.5. The first-order chi connectivity index (χ1) is 11.3. The molecule has 0 spiro atoms. The van der Waals surface area contributed by atoms with Crippen LogP contribution in [0, 0.1) is 6.92 Å². The average Bonchev–Trinajstić information content (AvgIpc) is 2.80. The molecule has 136 valence electrons. The van der Waals surface area contributed by atoms with Gasteiger partial charge in [0.2, 0.25) is 5.76 Å². The van der Waals surface area contributed by atoms with Crippen molar-refractivity contribution in [3.05, 3.63) is 22.6 Å². The van der Waals surface area contributed by atoms with E-state index in [1.54, 1.807) is 20.8 Å². The molecule has 1 aromatic rings. The van der Waals surface area contributed by atoms with E-state index in [1.165, 1.54) is 14.0 Å². The minimum atomic E-state index is -3.49. The Morgan fingerprint density at radius 1 is 1.12 bits per heavy atom. The first kappa shape index (κ1) is 20.4. The molecule has 8 nitrogen and oxygen atoms in total. The van der Waals surface area contributed by atoms with Crippen LogP contribution in [0.5, 0.6) is 0 Å². The quantitative estimate of drug-likeness (QED) is 0.487. The third-order valence-electron chi connectivity index (χ3n) is 3.11. The summed E-state index contributed by atoms with van der Waals surface area (Å²) in [5, 5.41) is 0. The summed E-state index contributed by atoms with van der Waals surface area (Å²) in [7, 11) is -2.28. The average molecular weight is 362 g/mol. The van der Waals surface area contributed by atoms with Crippen molar-refractivity contribution in [2.75, 3.05) is 20.3 Å². The van der Waals surface area contributed by atoms with Gasteiger partial charge in [-0.3, -0.25) is 9.36 Å². The summed E-state index contributed by atoms with van der Waals surface area (Å²) in [5.74, 6) is -0.941. The smallest absolute Gasteiger partial charge is 0.374 e. The van der Waals surface area contributed by atoms with Gasteiger partial charge < -0.3 is 22.9 Å². The molecule has 9 heteroatoms. The van der Waals surface area contributed by atoms with Crippen LogP contribution in [0.1, 0.15) is 48.2 Å². The second kappa shape index (κ2) is 9.01. The van der Waals surface area contributed by atoms with Crippen molar-refractivity contribution < 1.29 is 37.1 Å². The number of esters is 2. The topological polar surface area (TPSA) is 101 Å². The molecule has 0 amide bonds. The van der Waals surface area contributed by atoms with Gasteiger partial charge in [0.15, 0.2) is 0 Å². The number of hydrogen-bond donors (Lipinski definition) is 0. The summed E-state index contributed by atoms with van der Waals surface area (Å²) in [6.07, 6.45) is -0.187. The van der Waals surface area contributed by atoms with Gasteiger partial charge in [-0.1, -0.05) is 0 Å². The van der Waals surface area contributed by atoms with Gasteiger partial charge in [0, 0.05) is 18.1 Å². The zero-order chi connectivity index (χ0) is 18.3. The van der Waals surface area contributed by atoms with Gasteiger partial charge in [0.05, 0.1) is 26.5 Å². The predicted octanol–water partition coefficient (Wildman–Crippen LogP) is 3.20. The van der Waals surface area contributed by atoms with Crippen molar-refractivity contribution in [3.8, 4) is 0 Å². The van der Waals surface area contributed by atoms with E-state index in [9.17, 15) is 14.2 Å². The number of methoxy groups -OCH3 is 1. The van der Waals surface area contributed by atoms with Gasteiger partial charge in [0.25, 0.3) is 0 Å². The lowest BCUT2D eigenvalue weighted by Crippen LogP contribution is -2.08. The maximum absolute atomic E-state index is 12.8. The normalized spacial score (nSPS) is 11.4. The molecule has 0 N–H and O–H groups in total. The Morgan fingerprint density at radius 2 is 1.71 bits per heavy atom. The number of ether oxygens (including phenoxy) is 2. The number of carbonyl (C=O) groups excluding carboxylic acids is 2. The molecule has 0 saturated heterocycles. The Kier molecular flexibility index (Phi) is 7.66. The van der Waals surface area contributed by atoms with Crippen molar-refractivity contribution in [1.82, 2.24) is 0 Å². The van der Waals surface area contributed by atoms with E-state index in [2.05, 4.69) is 0 Å². The molecule has 0 fully saturated rings. The fraction of sp³-hybridized carbons (Fsp3) is 0.600. The molecule has 0 unspecified atom stereocenters. The highest BCUT2D eigenvalue weighted by molar-refractivity contribution is 7.53. The lowest BCUT2D eigenvalue weighted by atomic mass is 10.1. The summed E-state index contributed by atoms with van der Waals surface area (Å²) in [5.41, 5.74) is 0.746. The molecule has 0 radical (unpaired) electrons. The Labute approximate surface area is 140 Å². The summed E-state index contributed by atoms with van der Waals surface area (Å²) in [6.45, 7) is 6.50. The molecule has 1 aromatic heterocycles. The minimum Gasteiger partial charge on any atom is -0.463 e. The fourth-order valence-electron chi connectivity index (χ4n) is 2.13. The lowest BCUT2D eigenvalue weighted by Gasteiger charge is -2.17. The van der Waals surface area contributed by atoms with Gasteiger partial charge in [-0.2, -0.15) is 0 Å². The number of hydrogen-bond acceptors (Lipinski definition) is 8. The second-order valence-electron chi connectivity index (χ2n) is 4.82. The summed E-state index contributed by atoms with van der Waals surface area (Å²) >= 11 is 0. The molecule has 0 aliphatic heterocycles. The first-order valence-corrected chi connectivity index (χ1v) is 9.21. The Balaban J connectivity index is 3.31. The summed E-state index contributed by atoms with van der Waals surface area (Å²) < 4.78 is 38.4. The molecule has 1 heterocycles. The molecule has 0 atom stereocenters. The van der Waals surface area contributed by atoms with E-state index in [-0.39, 0.29) is 31.7 Å². The lowest BCUT2D eigenvalue weighted by molar-refractivity contribution is -0.142. The fourth-order valence-corrected chi connectivity index (χ4v) is 3.89. The van der Waals surface area contributed by atoms with Crippen LogP contribution in [0.2, 0.25) is 0 Å². The maximum Gasteiger partial charge on any atom is 0.374 e. The summed E-state index contributed by atoms with van der Waals surface area (Å²) in [4.78, 5) is 23.0. The van der Waals surface area contributed by atoms with Gasteiger partial charge >= 0.3 is 19.5 Å². The van der Waals surface area contributed by atoms with Crippen LogP contribution >= 0.6 is 7.60 Å². The molecular formula is C15H23O8P. The highest BCUT2D eigenvalue weighted by Crippen LogP contribution is 2.52. The summed E-state index contributed by atoms with van der Waals surface area (Å²) in [6, 6.07) is 0. The molecule has 24 heavy (non-hydrogen) atoms. The Bertz CT molecular complexity index is 624. The highest BCUT2D eigenvalue weighted by Gasteiger charge is 2.33. The van der Waals surface area contributed by atoms with Crippen molar-refractivity contribution in [2.24, 2.45) is 0 Å². The maximum atomic E-state index is 12.8. The van der Waals surface area contributed by atoms with Crippen LogP contribution in [0.25, 0.3) is 0 Å². The standard InChI is InChI=1S/C15H23O8P/c1-6-21-24(18,22-7-2)9-13-12(8-20-11(4)16)10(3)23-14(13)15(17)19-5/h6-9H2,1-5H3. The van der Waals surface area contributed by atoms with Crippen LogP contribution in [0.3, 0.4) is 0 Å². The molecule has 0 aliphatic carbocycles. The Morgan fingerprint density at radius 3 is 2.17 bits per heavy atom. The molecular weight excluding hydrogens is 339 g/mol. The number of carbonyl (C=O) groups is 2. The monoisotopic (exact) mass is 362 g/mol. The van der Waals surface area contributed by atoms with Gasteiger partial charge in [-0.05, 0) is 20.8 Å². The SMILES string of the molecule is CCOP(=O)(Cc1c(C(=O)OC)oc(C)c1COC(C)=O)OCC.